The molecule has 2 rings (SSSR count). The molecule has 0 aromatic rings. The van der Waals surface area contributed by atoms with Crippen LogP contribution in [0.5, 0.6) is 0 Å². The summed E-state index contributed by atoms with van der Waals surface area (Å²) in [5.74, 6) is 0. The van der Waals surface area contributed by atoms with Crippen molar-refractivity contribution >= 4 is 23.2 Å². The Balaban J connectivity index is 2.38. The van der Waals surface area contributed by atoms with Crippen molar-refractivity contribution in [2.75, 3.05) is 0 Å². The molecule has 0 aliphatic heterocycles. The van der Waals surface area contributed by atoms with E-state index >= 15 is 0 Å². The smallest absolute Gasteiger partial charge is 0.131 e. The van der Waals surface area contributed by atoms with Gasteiger partial charge in [0.2, 0.25) is 0 Å². The van der Waals surface area contributed by atoms with Crippen molar-refractivity contribution in [1.82, 2.24) is 0 Å². The maximum Gasteiger partial charge on any atom is 0.131 e. The molecule has 0 aromatic carbocycles. The van der Waals surface area contributed by atoms with Gasteiger partial charge in [-0.3, -0.25) is 0 Å². The molecule has 90 valence electrons. The number of halogens is 2. The van der Waals surface area contributed by atoms with E-state index in [0.29, 0.717) is 5.70 Å². The van der Waals surface area contributed by atoms with E-state index in [1.54, 1.807) is 30.4 Å². The van der Waals surface area contributed by atoms with Crippen LogP contribution in [0.15, 0.2) is 59.4 Å². The molecule has 0 spiro atoms. The van der Waals surface area contributed by atoms with Crippen LogP contribution in [-0.4, -0.2) is 10.00 Å². The molecule has 0 amide bonds. The van der Waals surface area contributed by atoms with Crippen molar-refractivity contribution in [3.8, 4) is 0 Å². The third kappa shape index (κ3) is 2.82. The van der Waals surface area contributed by atoms with Gasteiger partial charge in [-0.15, -0.1) is 0 Å². The van der Waals surface area contributed by atoms with Gasteiger partial charge in [0.1, 0.15) is 10.00 Å². The fraction of sp³-hybridized carbons (Fsp3) is 0.167. The number of hydrogen-bond donors (Lipinski definition) is 3. The van der Waals surface area contributed by atoms with Crippen LogP contribution >= 0.6 is 23.2 Å². The summed E-state index contributed by atoms with van der Waals surface area (Å²) in [7, 11) is 0. The zero-order valence-electron chi connectivity index (χ0n) is 9.03. The van der Waals surface area contributed by atoms with E-state index < -0.39 is 10.00 Å². The zero-order chi connectivity index (χ0) is 12.7. The molecule has 2 aliphatic carbocycles. The molecule has 0 fully saturated rings. The van der Waals surface area contributed by atoms with Crippen LogP contribution in [0.3, 0.4) is 0 Å². The SMILES string of the molecule is NC1=CC(N)(Cl)C=CC1=C1C=CC(N)(Cl)C=C1. The Morgan fingerprint density at radius 1 is 0.882 bits per heavy atom. The Bertz CT molecular complexity index is 476. The first-order chi connectivity index (χ1) is 7.79. The third-order valence-corrected chi connectivity index (χ3v) is 3.03. The number of rotatable bonds is 0. The molecule has 6 N–H and O–H groups in total. The summed E-state index contributed by atoms with van der Waals surface area (Å²) in [6.45, 7) is 0. The maximum absolute atomic E-state index is 5.95. The second kappa shape index (κ2) is 4.03. The van der Waals surface area contributed by atoms with Crippen LogP contribution in [0.1, 0.15) is 0 Å². The minimum atomic E-state index is -1.01. The van der Waals surface area contributed by atoms with E-state index in [9.17, 15) is 0 Å². The lowest BCUT2D eigenvalue weighted by Crippen LogP contribution is -2.32. The molecule has 5 heteroatoms. The van der Waals surface area contributed by atoms with E-state index in [2.05, 4.69) is 0 Å². The molecule has 17 heavy (non-hydrogen) atoms. The van der Waals surface area contributed by atoms with E-state index in [1.807, 2.05) is 12.2 Å². The van der Waals surface area contributed by atoms with E-state index in [1.165, 1.54) is 0 Å². The number of hydrogen-bond acceptors (Lipinski definition) is 3. The predicted molar refractivity (Wildman–Crippen MR) is 72.3 cm³/mol. The highest BCUT2D eigenvalue weighted by Crippen LogP contribution is 2.28. The Morgan fingerprint density at radius 3 is 1.94 bits per heavy atom. The fourth-order valence-corrected chi connectivity index (χ4v) is 1.97. The molecule has 0 radical (unpaired) electrons. The Labute approximate surface area is 110 Å². The van der Waals surface area contributed by atoms with Gasteiger partial charge < -0.3 is 17.2 Å². The quantitative estimate of drug-likeness (QED) is 0.462. The minimum absolute atomic E-state index is 0.536. The average Bonchev–Trinajstić information content (AvgIpc) is 2.18. The minimum Gasteiger partial charge on any atom is -0.398 e. The van der Waals surface area contributed by atoms with Crippen molar-refractivity contribution in [2.24, 2.45) is 17.2 Å². The standard InChI is InChI=1S/C12H13Cl2N3/c13-11(16)4-1-8(2-5-11)9-3-6-12(14,17)7-10(9)15/h1-7H,15-17H2. The first-order valence-corrected chi connectivity index (χ1v) is 5.81. The van der Waals surface area contributed by atoms with Crippen LogP contribution < -0.4 is 17.2 Å². The highest BCUT2D eigenvalue weighted by molar-refractivity contribution is 6.26. The molecule has 0 heterocycles. The normalized spacial score (nSPS) is 36.4. The summed E-state index contributed by atoms with van der Waals surface area (Å²) < 4.78 is 0. The lowest BCUT2D eigenvalue weighted by Gasteiger charge is -2.22. The van der Waals surface area contributed by atoms with Gasteiger partial charge >= 0.3 is 0 Å². The third-order valence-electron chi connectivity index (χ3n) is 2.54. The van der Waals surface area contributed by atoms with Crippen molar-refractivity contribution < 1.29 is 0 Å². The van der Waals surface area contributed by atoms with Crippen molar-refractivity contribution in [3.05, 3.63) is 59.4 Å². The first kappa shape index (κ1) is 12.5. The highest BCUT2D eigenvalue weighted by Gasteiger charge is 2.22. The second-order valence-corrected chi connectivity index (χ2v) is 5.43. The second-order valence-electron chi connectivity index (χ2n) is 4.12. The van der Waals surface area contributed by atoms with Crippen LogP contribution in [-0.2, 0) is 0 Å². The van der Waals surface area contributed by atoms with Gasteiger partial charge in [0.05, 0.1) is 0 Å². The topological polar surface area (TPSA) is 78.1 Å². The molecular weight excluding hydrogens is 257 g/mol. The summed E-state index contributed by atoms with van der Waals surface area (Å²) in [6.07, 6.45) is 12.1. The van der Waals surface area contributed by atoms with Crippen LogP contribution in [0.25, 0.3) is 0 Å². The number of nitrogens with two attached hydrogens (primary N) is 3. The monoisotopic (exact) mass is 269 g/mol. The van der Waals surface area contributed by atoms with Crippen LogP contribution in [0.4, 0.5) is 0 Å². The summed E-state index contributed by atoms with van der Waals surface area (Å²) >= 11 is 11.9. The van der Waals surface area contributed by atoms with Crippen molar-refractivity contribution in [1.29, 1.82) is 0 Å². The van der Waals surface area contributed by atoms with Gasteiger partial charge in [-0.05, 0) is 29.9 Å². The zero-order valence-corrected chi connectivity index (χ0v) is 10.5. The molecular formula is C12H13Cl2N3. The molecule has 0 saturated carbocycles. The molecule has 1 unspecified atom stereocenters. The Kier molecular flexibility index (Phi) is 2.96. The van der Waals surface area contributed by atoms with E-state index in [4.69, 9.17) is 40.4 Å². The van der Waals surface area contributed by atoms with Crippen LogP contribution in [0.2, 0.25) is 0 Å². The summed E-state index contributed by atoms with van der Waals surface area (Å²) in [4.78, 5) is -1.94. The van der Waals surface area contributed by atoms with E-state index in [0.717, 1.165) is 11.1 Å². The number of alkyl halides is 2. The van der Waals surface area contributed by atoms with Crippen LogP contribution in [0, 0.1) is 0 Å². The van der Waals surface area contributed by atoms with Crippen molar-refractivity contribution in [2.45, 2.75) is 10.00 Å². The summed E-state index contributed by atoms with van der Waals surface area (Å²) in [5, 5.41) is 0. The fourth-order valence-electron chi connectivity index (χ4n) is 1.66. The molecule has 2 aliphatic rings. The van der Waals surface area contributed by atoms with Gasteiger partial charge in [-0.1, -0.05) is 41.4 Å². The molecule has 1 atom stereocenters. The predicted octanol–water partition coefficient (Wildman–Crippen LogP) is 1.61. The lowest BCUT2D eigenvalue weighted by molar-refractivity contribution is 0.898. The molecule has 3 nitrogen and oxygen atoms in total. The highest BCUT2D eigenvalue weighted by atomic mass is 35.5. The van der Waals surface area contributed by atoms with Gasteiger partial charge in [0.25, 0.3) is 0 Å². The first-order valence-electron chi connectivity index (χ1n) is 5.05. The number of allylic oxidation sites excluding steroid dienone is 4. The van der Waals surface area contributed by atoms with Gasteiger partial charge in [0.15, 0.2) is 0 Å². The molecule has 0 saturated heterocycles. The van der Waals surface area contributed by atoms with E-state index in [-0.39, 0.29) is 0 Å². The largest absolute Gasteiger partial charge is 0.398 e. The maximum atomic E-state index is 5.95. The Morgan fingerprint density at radius 2 is 1.41 bits per heavy atom. The molecule has 0 bridgehead atoms. The van der Waals surface area contributed by atoms with Crippen molar-refractivity contribution in [3.63, 3.8) is 0 Å². The van der Waals surface area contributed by atoms with Gasteiger partial charge in [-0.2, -0.15) is 0 Å². The molecule has 0 aromatic heterocycles. The Hall–Kier alpha value is -1.00. The summed E-state index contributed by atoms with van der Waals surface area (Å²) in [5.41, 5.74) is 19.7. The average molecular weight is 270 g/mol. The lowest BCUT2D eigenvalue weighted by atomic mass is 9.94. The summed E-state index contributed by atoms with van der Waals surface area (Å²) in [6, 6.07) is 0. The van der Waals surface area contributed by atoms with Gasteiger partial charge in [0, 0.05) is 11.3 Å². The van der Waals surface area contributed by atoms with Gasteiger partial charge in [-0.25, -0.2) is 0 Å².